The summed E-state index contributed by atoms with van der Waals surface area (Å²) in [6.07, 6.45) is 0.772. The van der Waals surface area contributed by atoms with Crippen LogP contribution in [-0.4, -0.2) is 35.6 Å². The fraction of sp³-hybridized carbons (Fsp3) is 0.231. The summed E-state index contributed by atoms with van der Waals surface area (Å²) in [4.78, 5) is 29.1. The van der Waals surface area contributed by atoms with Crippen LogP contribution >= 0.6 is 39.3 Å². The van der Waals surface area contributed by atoms with Crippen LogP contribution in [0.2, 0.25) is 5.02 Å². The van der Waals surface area contributed by atoms with Crippen molar-refractivity contribution in [2.75, 3.05) is 12.8 Å². The monoisotopic (exact) mass is 544 g/mol. The molecule has 0 spiro atoms. The number of benzene rings is 3. The van der Waals surface area contributed by atoms with Crippen molar-refractivity contribution in [3.63, 3.8) is 0 Å². The molecule has 0 unspecified atom stereocenters. The topological polar surface area (TPSA) is 49.4 Å². The molecule has 0 bridgehead atoms. The maximum absolute atomic E-state index is 13.4. The lowest BCUT2D eigenvalue weighted by molar-refractivity contribution is -0.140. The third-order valence-electron chi connectivity index (χ3n) is 5.16. The SMILES string of the molecule is CNC(=O)[C@H](Cc1ccccc1)N(Cc1cccc(Br)c1)C(=O)CCSc1ccc(Cl)cc1. The van der Waals surface area contributed by atoms with Crippen LogP contribution in [0.5, 0.6) is 0 Å². The van der Waals surface area contributed by atoms with Crippen LogP contribution in [0, 0.1) is 0 Å². The van der Waals surface area contributed by atoms with Gasteiger partial charge in [-0.05, 0) is 47.5 Å². The van der Waals surface area contributed by atoms with Crippen LogP contribution < -0.4 is 5.32 Å². The van der Waals surface area contributed by atoms with E-state index in [2.05, 4.69) is 21.2 Å². The summed E-state index contributed by atoms with van der Waals surface area (Å²) < 4.78 is 0.935. The summed E-state index contributed by atoms with van der Waals surface area (Å²) in [7, 11) is 1.61. The van der Waals surface area contributed by atoms with E-state index in [1.807, 2.05) is 78.9 Å². The molecule has 0 aliphatic rings. The molecular weight excluding hydrogens is 520 g/mol. The number of carbonyl (C=O) groups is 2. The van der Waals surface area contributed by atoms with E-state index in [1.165, 1.54) is 0 Å². The molecular formula is C26H26BrClN2O2S. The fourth-order valence-corrected chi connectivity index (χ4v) is 4.90. The largest absolute Gasteiger partial charge is 0.357 e. The smallest absolute Gasteiger partial charge is 0.242 e. The molecule has 0 aromatic heterocycles. The van der Waals surface area contributed by atoms with Crippen molar-refractivity contribution in [1.29, 1.82) is 0 Å². The van der Waals surface area contributed by atoms with Gasteiger partial charge in [-0.15, -0.1) is 11.8 Å². The van der Waals surface area contributed by atoms with Gasteiger partial charge < -0.3 is 10.2 Å². The molecule has 2 amide bonds. The molecule has 0 aliphatic carbocycles. The minimum atomic E-state index is -0.607. The molecule has 3 rings (SSSR count). The van der Waals surface area contributed by atoms with E-state index in [4.69, 9.17) is 11.6 Å². The predicted molar refractivity (Wildman–Crippen MR) is 139 cm³/mol. The number of amides is 2. The summed E-state index contributed by atoms with van der Waals surface area (Å²) in [6, 6.07) is 24.6. The normalized spacial score (nSPS) is 11.6. The predicted octanol–water partition coefficient (Wildman–Crippen LogP) is 5.97. The molecule has 33 heavy (non-hydrogen) atoms. The Hall–Kier alpha value is -2.28. The van der Waals surface area contributed by atoms with Gasteiger partial charge in [-0.1, -0.05) is 70.0 Å². The van der Waals surface area contributed by atoms with E-state index in [0.717, 1.165) is 20.5 Å². The second-order valence-electron chi connectivity index (χ2n) is 7.52. The summed E-state index contributed by atoms with van der Waals surface area (Å²) >= 11 is 11.1. The van der Waals surface area contributed by atoms with E-state index in [-0.39, 0.29) is 11.8 Å². The molecule has 0 radical (unpaired) electrons. The number of halogens is 2. The van der Waals surface area contributed by atoms with E-state index >= 15 is 0 Å². The maximum Gasteiger partial charge on any atom is 0.242 e. The molecule has 1 atom stereocenters. The Morgan fingerprint density at radius 2 is 1.70 bits per heavy atom. The van der Waals surface area contributed by atoms with Crippen LogP contribution in [0.25, 0.3) is 0 Å². The molecule has 0 heterocycles. The minimum absolute atomic E-state index is 0.0547. The lowest BCUT2D eigenvalue weighted by Crippen LogP contribution is -2.49. The average molecular weight is 546 g/mol. The first-order valence-electron chi connectivity index (χ1n) is 10.6. The van der Waals surface area contributed by atoms with Gasteiger partial charge in [-0.3, -0.25) is 9.59 Å². The highest BCUT2D eigenvalue weighted by atomic mass is 79.9. The number of nitrogens with zero attached hydrogens (tertiary/aromatic N) is 1. The Labute approximate surface area is 212 Å². The van der Waals surface area contributed by atoms with Gasteiger partial charge in [0.25, 0.3) is 0 Å². The first-order valence-corrected chi connectivity index (χ1v) is 12.8. The van der Waals surface area contributed by atoms with Gasteiger partial charge in [0.05, 0.1) is 0 Å². The number of carbonyl (C=O) groups excluding carboxylic acids is 2. The van der Waals surface area contributed by atoms with Gasteiger partial charge in [0.2, 0.25) is 11.8 Å². The van der Waals surface area contributed by atoms with Gasteiger partial charge in [-0.2, -0.15) is 0 Å². The van der Waals surface area contributed by atoms with Crippen LogP contribution in [0.3, 0.4) is 0 Å². The number of rotatable bonds is 10. The fourth-order valence-electron chi connectivity index (χ4n) is 3.48. The number of hydrogen-bond donors (Lipinski definition) is 1. The Balaban J connectivity index is 1.80. The standard InChI is InChI=1S/C26H26BrClN2O2S/c1-29-26(32)24(17-19-6-3-2-4-7-19)30(18-20-8-5-9-21(27)16-20)25(31)14-15-33-23-12-10-22(28)11-13-23/h2-13,16,24H,14-15,17-18H2,1H3,(H,29,32)/t24-/m0/s1. The van der Waals surface area contributed by atoms with Gasteiger partial charge >= 0.3 is 0 Å². The van der Waals surface area contributed by atoms with Crippen molar-refractivity contribution < 1.29 is 9.59 Å². The molecule has 0 fully saturated rings. The van der Waals surface area contributed by atoms with Crippen molar-refractivity contribution in [2.24, 2.45) is 0 Å². The molecule has 3 aromatic carbocycles. The summed E-state index contributed by atoms with van der Waals surface area (Å²) in [6.45, 7) is 0.356. The highest BCUT2D eigenvalue weighted by molar-refractivity contribution is 9.10. The van der Waals surface area contributed by atoms with E-state index < -0.39 is 6.04 Å². The third kappa shape index (κ3) is 7.91. The quantitative estimate of drug-likeness (QED) is 0.319. The number of hydrogen-bond acceptors (Lipinski definition) is 3. The maximum atomic E-state index is 13.4. The summed E-state index contributed by atoms with van der Waals surface area (Å²) in [5, 5.41) is 3.43. The van der Waals surface area contributed by atoms with Crippen LogP contribution in [0.15, 0.2) is 88.2 Å². The Morgan fingerprint density at radius 3 is 2.36 bits per heavy atom. The molecule has 4 nitrogen and oxygen atoms in total. The Bertz CT molecular complexity index is 1060. The van der Waals surface area contributed by atoms with Gasteiger partial charge in [0.15, 0.2) is 0 Å². The minimum Gasteiger partial charge on any atom is -0.357 e. The zero-order valence-corrected chi connectivity index (χ0v) is 21.5. The summed E-state index contributed by atoms with van der Waals surface area (Å²) in [5.41, 5.74) is 1.97. The number of nitrogens with one attached hydrogen (secondary N) is 1. The molecule has 1 N–H and O–H groups in total. The van der Waals surface area contributed by atoms with Crippen LogP contribution in [0.4, 0.5) is 0 Å². The van der Waals surface area contributed by atoms with Crippen molar-refractivity contribution in [1.82, 2.24) is 10.2 Å². The zero-order valence-electron chi connectivity index (χ0n) is 18.3. The molecule has 0 aliphatic heterocycles. The summed E-state index contributed by atoms with van der Waals surface area (Å²) in [5.74, 6) is 0.384. The van der Waals surface area contributed by atoms with Gasteiger partial charge in [0, 0.05) is 46.6 Å². The zero-order chi connectivity index (χ0) is 23.6. The van der Waals surface area contributed by atoms with E-state index in [9.17, 15) is 9.59 Å². The lowest BCUT2D eigenvalue weighted by Gasteiger charge is -2.31. The first kappa shape index (κ1) is 25.3. The molecule has 0 saturated carbocycles. The molecule has 0 saturated heterocycles. The van der Waals surface area contributed by atoms with Crippen molar-refractivity contribution >= 4 is 51.1 Å². The Kier molecular flexibility index (Phi) is 9.85. The first-order chi connectivity index (χ1) is 16.0. The van der Waals surface area contributed by atoms with Crippen LogP contribution in [-0.2, 0) is 22.6 Å². The highest BCUT2D eigenvalue weighted by Crippen LogP contribution is 2.23. The number of likely N-dealkylation sites (N-methyl/N-ethyl adjacent to an activating group) is 1. The molecule has 172 valence electrons. The van der Waals surface area contributed by atoms with E-state index in [0.29, 0.717) is 30.2 Å². The number of thioether (sulfide) groups is 1. The second-order valence-corrected chi connectivity index (χ2v) is 10.0. The van der Waals surface area contributed by atoms with Gasteiger partial charge in [0.1, 0.15) is 6.04 Å². The van der Waals surface area contributed by atoms with E-state index in [1.54, 1.807) is 23.7 Å². The second kappa shape index (κ2) is 12.8. The Morgan fingerprint density at radius 1 is 1.00 bits per heavy atom. The molecule has 7 heteroatoms. The van der Waals surface area contributed by atoms with Crippen LogP contribution in [0.1, 0.15) is 17.5 Å². The van der Waals surface area contributed by atoms with Crippen molar-refractivity contribution in [3.8, 4) is 0 Å². The lowest BCUT2D eigenvalue weighted by atomic mass is 10.0. The average Bonchev–Trinajstić information content (AvgIpc) is 2.82. The van der Waals surface area contributed by atoms with Gasteiger partial charge in [-0.25, -0.2) is 0 Å². The molecule has 3 aromatic rings. The third-order valence-corrected chi connectivity index (χ3v) is 6.92. The van der Waals surface area contributed by atoms with Crippen molar-refractivity contribution in [3.05, 3.63) is 99.5 Å². The van der Waals surface area contributed by atoms with Crippen molar-refractivity contribution in [2.45, 2.75) is 30.3 Å². The highest BCUT2D eigenvalue weighted by Gasteiger charge is 2.29.